The number of carbonyl (C=O) groups is 1. The third kappa shape index (κ3) is 7.68. The molecule has 0 aromatic heterocycles. The zero-order chi connectivity index (χ0) is 32.9. The summed E-state index contributed by atoms with van der Waals surface area (Å²) in [6, 6.07) is 11.3. The van der Waals surface area contributed by atoms with Crippen molar-refractivity contribution in [1.82, 2.24) is 0 Å². The van der Waals surface area contributed by atoms with Gasteiger partial charge in [-0.3, -0.25) is 14.7 Å². The highest BCUT2D eigenvalue weighted by Gasteiger charge is 2.40. The maximum atomic E-state index is 12.7. The number of quaternary nitrogens is 1. The molecule has 0 radical (unpaired) electrons. The fourth-order valence-electron chi connectivity index (χ4n) is 6.57. The van der Waals surface area contributed by atoms with Crippen molar-refractivity contribution in [1.29, 1.82) is 0 Å². The van der Waals surface area contributed by atoms with Crippen molar-refractivity contribution in [2.24, 2.45) is 22.4 Å². The van der Waals surface area contributed by atoms with Crippen molar-refractivity contribution in [2.75, 3.05) is 6.54 Å². The van der Waals surface area contributed by atoms with Gasteiger partial charge in [-0.25, -0.2) is 0 Å². The second kappa shape index (κ2) is 14.7. The van der Waals surface area contributed by atoms with E-state index in [4.69, 9.17) is 25.9 Å². The van der Waals surface area contributed by atoms with Crippen LogP contribution in [-0.4, -0.2) is 40.6 Å². The summed E-state index contributed by atoms with van der Waals surface area (Å²) in [5.74, 6) is 10.2. The SMILES string of the molecule is CCCCC[C@@H](O)CC(=O)CCc1ccc2c(c1)O[C@H]1[C@H](C#C[C@@H](O)c3ccc(C(N)N)cc3CC3=CN=C4C[NH+]1C=C34)CC#CO2. The van der Waals surface area contributed by atoms with Crippen molar-refractivity contribution >= 4 is 11.5 Å². The first-order valence-corrected chi connectivity index (χ1v) is 16.6. The highest BCUT2D eigenvalue weighted by Crippen LogP contribution is 2.33. The van der Waals surface area contributed by atoms with Crippen molar-refractivity contribution in [3.05, 3.63) is 82.2 Å². The molecule has 0 fully saturated rings. The van der Waals surface area contributed by atoms with E-state index in [1.807, 2.05) is 42.6 Å². The Labute approximate surface area is 276 Å². The minimum atomic E-state index is -1.04. The minimum absolute atomic E-state index is 0.0433. The molecule has 9 heteroatoms. The quantitative estimate of drug-likeness (QED) is 0.153. The minimum Gasteiger partial charge on any atom is -0.437 e. The standard InChI is InChI=1S/C38H42N4O5/c1-2-3-4-7-29(43)20-30(44)12-8-24-9-15-35-36(17-24)47-38-25(6-5-16-46-35)11-14-34(45)31-13-10-26(37(39)40)18-27(31)19-28-21-41-33-23-42(38)22-32(28)33/h9-10,13,15,17-18,21-22,25,29,34,37-38,43,45H,2-4,6-8,12,19-20,23,39-40H2,1H3/p+1/t25-,29+,34+,38-/m0/s1. The third-order valence-electron chi connectivity index (χ3n) is 9.21. The first-order chi connectivity index (χ1) is 22.8. The normalized spacial score (nSPS) is 23.0. The van der Waals surface area contributed by atoms with Gasteiger partial charge in [0.2, 0.25) is 0 Å². The largest absolute Gasteiger partial charge is 0.437 e. The van der Waals surface area contributed by atoms with E-state index in [0.29, 0.717) is 55.7 Å². The van der Waals surface area contributed by atoms with Gasteiger partial charge < -0.3 is 31.2 Å². The molecular weight excluding hydrogens is 592 g/mol. The topological polar surface area (TPSA) is 145 Å². The van der Waals surface area contributed by atoms with E-state index in [0.717, 1.165) is 57.7 Å². The Morgan fingerprint density at radius 3 is 2.85 bits per heavy atom. The summed E-state index contributed by atoms with van der Waals surface area (Å²) < 4.78 is 12.6. The number of nitrogens with two attached hydrogens (primary N) is 2. The number of carbonyl (C=O) groups excluding carboxylic acids is 1. The molecule has 47 heavy (non-hydrogen) atoms. The van der Waals surface area contributed by atoms with Crippen LogP contribution in [0.1, 0.15) is 86.4 Å². The molecule has 2 bridgehead atoms. The monoisotopic (exact) mass is 635 g/mol. The molecule has 0 amide bonds. The molecule has 0 saturated carbocycles. The molecule has 244 valence electrons. The number of aryl methyl sites for hydroxylation is 1. The number of hydrogen-bond acceptors (Lipinski definition) is 8. The fourth-order valence-corrected chi connectivity index (χ4v) is 6.57. The highest BCUT2D eigenvalue weighted by atomic mass is 16.5. The van der Waals surface area contributed by atoms with Gasteiger partial charge in [-0.05, 0) is 52.8 Å². The highest BCUT2D eigenvalue weighted by molar-refractivity contribution is 6.08. The number of Topliss-reactive ketones (excluding diaryl/α,β-unsaturated/α-hetero) is 1. The molecule has 0 saturated heterocycles. The van der Waals surface area contributed by atoms with Gasteiger partial charge in [0.05, 0.1) is 17.8 Å². The average molecular weight is 636 g/mol. The van der Waals surface area contributed by atoms with Gasteiger partial charge in [0, 0.05) is 31.9 Å². The molecule has 6 rings (SSSR count). The summed E-state index contributed by atoms with van der Waals surface area (Å²) in [7, 11) is 0. The predicted molar refractivity (Wildman–Crippen MR) is 179 cm³/mol. The lowest BCUT2D eigenvalue weighted by molar-refractivity contribution is -0.886. The van der Waals surface area contributed by atoms with E-state index >= 15 is 0 Å². The first-order valence-electron chi connectivity index (χ1n) is 16.6. The Kier molecular flexibility index (Phi) is 10.2. The van der Waals surface area contributed by atoms with Crippen LogP contribution in [0.25, 0.3) is 0 Å². The number of aliphatic imine (C=N–C) groups is 1. The zero-order valence-corrected chi connectivity index (χ0v) is 26.8. The van der Waals surface area contributed by atoms with Crippen LogP contribution in [0.3, 0.4) is 0 Å². The van der Waals surface area contributed by atoms with Gasteiger partial charge in [-0.15, -0.1) is 0 Å². The average Bonchev–Trinajstić information content (AvgIpc) is 3.65. The lowest BCUT2D eigenvalue weighted by Gasteiger charge is -2.27. The molecule has 0 aliphatic carbocycles. The summed E-state index contributed by atoms with van der Waals surface area (Å²) in [5.41, 5.74) is 18.4. The lowest BCUT2D eigenvalue weighted by Crippen LogP contribution is -3.13. The summed E-state index contributed by atoms with van der Waals surface area (Å²) in [5, 5.41) is 21.6. The number of ketones is 1. The number of rotatable bonds is 10. The van der Waals surface area contributed by atoms with Crippen LogP contribution in [0.2, 0.25) is 0 Å². The number of ether oxygens (including phenoxy) is 2. The second-order valence-corrected chi connectivity index (χ2v) is 12.8. The van der Waals surface area contributed by atoms with Crippen LogP contribution < -0.4 is 25.8 Å². The summed E-state index contributed by atoms with van der Waals surface area (Å²) >= 11 is 0. The molecular formula is C38H43N4O5+. The summed E-state index contributed by atoms with van der Waals surface area (Å²) in [6.45, 7) is 2.73. The van der Waals surface area contributed by atoms with Crippen LogP contribution in [0.15, 0.2) is 64.9 Å². The number of fused-ring (bicyclic) bond motifs is 5. The molecule has 7 N–H and O–H groups in total. The van der Waals surface area contributed by atoms with Crippen LogP contribution in [0, 0.1) is 29.8 Å². The summed E-state index contributed by atoms with van der Waals surface area (Å²) in [6.07, 6.45) is 9.81. The second-order valence-electron chi connectivity index (χ2n) is 12.8. The van der Waals surface area contributed by atoms with Crippen molar-refractivity contribution in [3.8, 4) is 35.4 Å². The van der Waals surface area contributed by atoms with E-state index in [1.54, 1.807) is 0 Å². The molecule has 4 aliphatic heterocycles. The Morgan fingerprint density at radius 1 is 1.15 bits per heavy atom. The van der Waals surface area contributed by atoms with E-state index < -0.39 is 24.6 Å². The number of aliphatic hydroxyl groups excluding tert-OH is 2. The van der Waals surface area contributed by atoms with Crippen LogP contribution in [-0.2, 0) is 17.6 Å². The molecule has 5 atom stereocenters. The van der Waals surface area contributed by atoms with Gasteiger partial charge in [-0.2, -0.15) is 0 Å². The molecule has 2 aromatic carbocycles. The molecule has 0 spiro atoms. The van der Waals surface area contributed by atoms with Crippen molar-refractivity contribution < 1.29 is 29.4 Å². The van der Waals surface area contributed by atoms with Crippen molar-refractivity contribution in [3.63, 3.8) is 0 Å². The molecule has 4 aliphatic rings. The number of unbranched alkanes of at least 4 members (excludes halogenated alkanes) is 2. The maximum absolute atomic E-state index is 12.7. The van der Waals surface area contributed by atoms with Gasteiger partial charge >= 0.3 is 0 Å². The van der Waals surface area contributed by atoms with E-state index in [1.165, 1.54) is 0 Å². The van der Waals surface area contributed by atoms with Gasteiger partial charge in [-0.1, -0.05) is 68.2 Å². The van der Waals surface area contributed by atoms with E-state index in [-0.39, 0.29) is 18.1 Å². The molecule has 4 heterocycles. The number of allylic oxidation sites excluding steroid dienone is 1. The smallest absolute Gasteiger partial charge is 0.251 e. The number of nitrogens with zero attached hydrogens (tertiary/aromatic N) is 1. The van der Waals surface area contributed by atoms with Gasteiger partial charge in [0.1, 0.15) is 42.4 Å². The summed E-state index contributed by atoms with van der Waals surface area (Å²) in [4.78, 5) is 18.4. The number of nitrogens with one attached hydrogen (secondary N) is 1. The fraction of sp³-hybridized carbons (Fsp3) is 0.421. The third-order valence-corrected chi connectivity index (χ3v) is 9.21. The van der Waals surface area contributed by atoms with Crippen LogP contribution in [0.4, 0.5) is 0 Å². The maximum Gasteiger partial charge on any atom is 0.251 e. The van der Waals surface area contributed by atoms with Gasteiger partial charge in [0.15, 0.2) is 11.5 Å². The van der Waals surface area contributed by atoms with E-state index in [2.05, 4.69) is 37.0 Å². The Morgan fingerprint density at radius 2 is 2.02 bits per heavy atom. The number of aliphatic hydroxyl groups is 2. The predicted octanol–water partition coefficient (Wildman–Crippen LogP) is 2.91. The lowest BCUT2D eigenvalue weighted by atomic mass is 9.91. The van der Waals surface area contributed by atoms with Crippen LogP contribution in [0.5, 0.6) is 11.5 Å². The van der Waals surface area contributed by atoms with Gasteiger partial charge in [0.25, 0.3) is 6.23 Å². The number of benzene rings is 2. The number of hydrogen-bond donors (Lipinski definition) is 5. The first kappa shape index (κ1) is 32.7. The van der Waals surface area contributed by atoms with Crippen LogP contribution >= 0.6 is 0 Å². The molecule has 2 aromatic rings. The Hall–Kier alpha value is -4.22. The molecule has 1 unspecified atom stereocenters. The Balaban J connectivity index is 1.27. The zero-order valence-electron chi connectivity index (χ0n) is 26.8. The Bertz CT molecular complexity index is 1740. The molecule has 9 nitrogen and oxygen atoms in total. The van der Waals surface area contributed by atoms with Crippen molar-refractivity contribution in [2.45, 2.75) is 89.3 Å². The van der Waals surface area contributed by atoms with E-state index in [9.17, 15) is 15.0 Å².